The number of rotatable bonds is 8. The predicted molar refractivity (Wildman–Crippen MR) is 175 cm³/mol. The van der Waals surface area contributed by atoms with Gasteiger partial charge >= 0.3 is 6.09 Å². The van der Waals surface area contributed by atoms with Crippen LogP contribution in [0.4, 0.5) is 4.79 Å². The van der Waals surface area contributed by atoms with Crippen LogP contribution in [0.15, 0.2) is 91.0 Å². The Kier molecular flexibility index (Phi) is 9.41. The summed E-state index contributed by atoms with van der Waals surface area (Å²) in [7, 11) is 0. The number of hydrogen-bond acceptors (Lipinski definition) is 4. The van der Waals surface area contributed by atoms with Gasteiger partial charge in [-0.15, -0.1) is 0 Å². The zero-order chi connectivity index (χ0) is 29.7. The van der Waals surface area contributed by atoms with Crippen LogP contribution in [0.3, 0.4) is 0 Å². The van der Waals surface area contributed by atoms with Gasteiger partial charge < -0.3 is 19.1 Å². The van der Waals surface area contributed by atoms with Gasteiger partial charge in [-0.05, 0) is 115 Å². The first-order valence-electron chi connectivity index (χ1n) is 14.4. The van der Waals surface area contributed by atoms with Crippen molar-refractivity contribution in [3.8, 4) is 11.5 Å². The molecule has 42 heavy (non-hydrogen) atoms. The minimum Gasteiger partial charge on any atom is -0.485 e. The van der Waals surface area contributed by atoms with E-state index in [0.29, 0.717) is 44.1 Å². The van der Waals surface area contributed by atoms with E-state index in [0.717, 1.165) is 22.3 Å². The van der Waals surface area contributed by atoms with Crippen molar-refractivity contribution in [1.29, 1.82) is 0 Å². The number of aryl methyl sites for hydroxylation is 1. The summed E-state index contributed by atoms with van der Waals surface area (Å²) in [4.78, 5) is 15.4. The Morgan fingerprint density at radius 2 is 1.43 bits per heavy atom. The van der Waals surface area contributed by atoms with Crippen LogP contribution in [0.1, 0.15) is 60.2 Å². The topological polar surface area (TPSA) is 48.0 Å². The van der Waals surface area contributed by atoms with Gasteiger partial charge in [-0.1, -0.05) is 72.8 Å². The van der Waals surface area contributed by atoms with E-state index in [1.807, 2.05) is 62.1 Å². The molecule has 6 heteroatoms. The summed E-state index contributed by atoms with van der Waals surface area (Å²) in [6, 6.07) is 30.8. The van der Waals surface area contributed by atoms with Crippen molar-refractivity contribution in [1.82, 2.24) is 4.90 Å². The summed E-state index contributed by atoms with van der Waals surface area (Å²) in [6.45, 7) is 9.26. The summed E-state index contributed by atoms with van der Waals surface area (Å²) in [6.07, 6.45) is 1.08. The van der Waals surface area contributed by atoms with Gasteiger partial charge in [-0.25, -0.2) is 4.79 Å². The van der Waals surface area contributed by atoms with E-state index in [4.69, 9.17) is 14.2 Å². The van der Waals surface area contributed by atoms with Gasteiger partial charge in [0.1, 0.15) is 18.8 Å². The molecule has 1 heterocycles. The number of carbonyl (C=O) groups is 1. The van der Waals surface area contributed by atoms with E-state index >= 15 is 0 Å². The third-order valence-corrected chi connectivity index (χ3v) is 8.49. The number of fused-ring (bicyclic) bond motifs is 1. The van der Waals surface area contributed by atoms with Crippen LogP contribution < -0.4 is 9.47 Å². The average molecular weight is 676 g/mol. The van der Waals surface area contributed by atoms with E-state index in [-0.39, 0.29) is 12.1 Å². The Labute approximate surface area is 262 Å². The van der Waals surface area contributed by atoms with Crippen molar-refractivity contribution in [2.24, 2.45) is 0 Å². The van der Waals surface area contributed by atoms with Crippen LogP contribution in [-0.2, 0) is 30.8 Å². The molecule has 1 unspecified atom stereocenters. The lowest BCUT2D eigenvalue weighted by Crippen LogP contribution is -2.43. The highest BCUT2D eigenvalue weighted by molar-refractivity contribution is 14.1. The van der Waals surface area contributed by atoms with Gasteiger partial charge in [-0.2, -0.15) is 0 Å². The highest BCUT2D eigenvalue weighted by Crippen LogP contribution is 2.41. The SMILES string of the molecule is Cc1ccc(CC2c3cc(OCc4ccccc4)c(OCc4ccccc4)cc3CCN2C(=O)OC(C)(C)C)cc1I. The zero-order valence-electron chi connectivity index (χ0n) is 24.7. The molecule has 5 rings (SSSR count). The number of nitrogens with zero attached hydrogens (tertiary/aromatic N) is 1. The maximum absolute atomic E-state index is 13.5. The lowest BCUT2D eigenvalue weighted by Gasteiger charge is -2.38. The van der Waals surface area contributed by atoms with Crippen LogP contribution in [0.25, 0.3) is 0 Å². The van der Waals surface area contributed by atoms with Crippen LogP contribution in [0.2, 0.25) is 0 Å². The van der Waals surface area contributed by atoms with Gasteiger partial charge in [0, 0.05) is 10.1 Å². The van der Waals surface area contributed by atoms with E-state index in [1.54, 1.807) is 0 Å². The maximum atomic E-state index is 13.5. The highest BCUT2D eigenvalue weighted by atomic mass is 127. The van der Waals surface area contributed by atoms with E-state index in [2.05, 4.69) is 84.1 Å². The molecule has 1 amide bonds. The number of halogens is 1. The summed E-state index contributed by atoms with van der Waals surface area (Å²) in [5.41, 5.74) is 6.23. The van der Waals surface area contributed by atoms with Gasteiger partial charge in [0.05, 0.1) is 6.04 Å². The third-order valence-electron chi connectivity index (χ3n) is 7.33. The lowest BCUT2D eigenvalue weighted by atomic mass is 9.88. The molecular formula is C36H38INO4. The van der Waals surface area contributed by atoms with E-state index < -0.39 is 5.60 Å². The van der Waals surface area contributed by atoms with E-state index in [9.17, 15) is 4.79 Å². The fourth-order valence-corrected chi connectivity index (χ4v) is 5.73. The first-order chi connectivity index (χ1) is 20.2. The average Bonchev–Trinajstić information content (AvgIpc) is 2.97. The molecule has 1 atom stereocenters. The van der Waals surface area contributed by atoms with Crippen molar-refractivity contribution in [3.63, 3.8) is 0 Å². The first kappa shape index (κ1) is 30.0. The Morgan fingerprint density at radius 3 is 2.00 bits per heavy atom. The zero-order valence-corrected chi connectivity index (χ0v) is 26.9. The number of amides is 1. The highest BCUT2D eigenvalue weighted by Gasteiger charge is 2.35. The minimum atomic E-state index is -0.583. The van der Waals surface area contributed by atoms with Crippen LogP contribution in [0.5, 0.6) is 11.5 Å². The number of hydrogen-bond donors (Lipinski definition) is 0. The van der Waals surface area contributed by atoms with Crippen molar-refractivity contribution >= 4 is 28.7 Å². The summed E-state index contributed by atoms with van der Waals surface area (Å²) < 4.78 is 19.9. The Balaban J connectivity index is 1.52. The fourth-order valence-electron chi connectivity index (χ4n) is 5.15. The van der Waals surface area contributed by atoms with Crippen molar-refractivity contribution in [3.05, 3.63) is 128 Å². The summed E-state index contributed by atoms with van der Waals surface area (Å²) in [5.74, 6) is 1.38. The van der Waals surface area contributed by atoms with Crippen LogP contribution >= 0.6 is 22.6 Å². The normalized spacial score (nSPS) is 14.7. The maximum Gasteiger partial charge on any atom is 0.410 e. The molecule has 0 aliphatic carbocycles. The molecule has 0 radical (unpaired) electrons. The molecule has 5 nitrogen and oxygen atoms in total. The van der Waals surface area contributed by atoms with Crippen LogP contribution in [-0.4, -0.2) is 23.1 Å². The molecule has 0 bridgehead atoms. The fraction of sp³-hybridized carbons (Fsp3) is 0.306. The second kappa shape index (κ2) is 13.2. The predicted octanol–water partition coefficient (Wildman–Crippen LogP) is 8.83. The lowest BCUT2D eigenvalue weighted by molar-refractivity contribution is 0.0141. The van der Waals surface area contributed by atoms with Gasteiger partial charge in [0.25, 0.3) is 0 Å². The van der Waals surface area contributed by atoms with E-state index in [1.165, 1.54) is 14.7 Å². The molecule has 4 aromatic carbocycles. The Bertz CT molecular complexity index is 1520. The molecule has 0 spiro atoms. The minimum absolute atomic E-state index is 0.204. The monoisotopic (exact) mass is 675 g/mol. The molecule has 1 aliphatic rings. The Morgan fingerprint density at radius 1 is 0.833 bits per heavy atom. The smallest absolute Gasteiger partial charge is 0.410 e. The molecule has 0 N–H and O–H groups in total. The number of ether oxygens (including phenoxy) is 3. The molecule has 0 aromatic heterocycles. The molecule has 1 aliphatic heterocycles. The molecular weight excluding hydrogens is 637 g/mol. The number of benzene rings is 4. The van der Waals surface area contributed by atoms with Crippen molar-refractivity contribution in [2.45, 2.75) is 65.4 Å². The first-order valence-corrected chi connectivity index (χ1v) is 15.5. The number of carbonyl (C=O) groups excluding carboxylic acids is 1. The van der Waals surface area contributed by atoms with Crippen molar-refractivity contribution < 1.29 is 19.0 Å². The largest absolute Gasteiger partial charge is 0.485 e. The van der Waals surface area contributed by atoms with Crippen LogP contribution in [0, 0.1) is 10.5 Å². The summed E-state index contributed by atoms with van der Waals surface area (Å²) >= 11 is 2.38. The molecule has 0 saturated heterocycles. The molecule has 218 valence electrons. The second-order valence-corrected chi connectivity index (χ2v) is 12.9. The third kappa shape index (κ3) is 7.65. The second-order valence-electron chi connectivity index (χ2n) is 11.8. The summed E-state index contributed by atoms with van der Waals surface area (Å²) in [5, 5.41) is 0. The van der Waals surface area contributed by atoms with Crippen molar-refractivity contribution in [2.75, 3.05) is 6.54 Å². The van der Waals surface area contributed by atoms with Gasteiger partial charge in [0.2, 0.25) is 0 Å². The molecule has 0 saturated carbocycles. The van der Waals surface area contributed by atoms with Gasteiger partial charge in [0.15, 0.2) is 11.5 Å². The standard InChI is InChI=1S/C36H38INO4/c1-25-15-16-28(19-31(25)37)20-32-30-22-34(41-24-27-13-9-6-10-14-27)33(40-23-26-11-7-5-8-12-26)21-29(30)17-18-38(32)35(39)42-36(2,3)4/h5-16,19,21-22,32H,17-18,20,23-24H2,1-4H3. The van der Waals surface area contributed by atoms with Gasteiger partial charge in [-0.3, -0.25) is 0 Å². The Hall–Kier alpha value is -3.52. The molecule has 4 aromatic rings. The quantitative estimate of drug-likeness (QED) is 0.175. The molecule has 0 fully saturated rings.